The Morgan fingerprint density at radius 1 is 1.09 bits per heavy atom. The van der Waals surface area contributed by atoms with Crippen molar-refractivity contribution in [2.45, 2.75) is 33.4 Å². The van der Waals surface area contributed by atoms with Crippen LogP contribution < -0.4 is 10.9 Å². The van der Waals surface area contributed by atoms with Crippen LogP contribution in [0.1, 0.15) is 32.4 Å². The van der Waals surface area contributed by atoms with E-state index < -0.39 is 5.41 Å². The number of nitrogens with zero attached hydrogens (tertiary/aromatic N) is 5. The van der Waals surface area contributed by atoms with Crippen molar-refractivity contribution in [3.05, 3.63) is 70.9 Å². The second-order valence-electron chi connectivity index (χ2n) is 8.94. The summed E-state index contributed by atoms with van der Waals surface area (Å²) in [5, 5.41) is 18.0. The van der Waals surface area contributed by atoms with Gasteiger partial charge in [-0.25, -0.2) is 4.98 Å². The molecule has 0 spiro atoms. The molecule has 0 amide bonds. The summed E-state index contributed by atoms with van der Waals surface area (Å²) in [6, 6.07) is 11.5. The van der Waals surface area contributed by atoms with Gasteiger partial charge in [0.1, 0.15) is 5.65 Å². The van der Waals surface area contributed by atoms with Crippen molar-refractivity contribution < 1.29 is 5.11 Å². The summed E-state index contributed by atoms with van der Waals surface area (Å²) in [5.74, 6) is 0.447. The molecule has 8 heteroatoms. The van der Waals surface area contributed by atoms with Crippen LogP contribution in [0.25, 0.3) is 22.2 Å². The first-order chi connectivity index (χ1) is 15.3. The van der Waals surface area contributed by atoms with E-state index in [2.05, 4.69) is 44.6 Å². The molecule has 1 unspecified atom stereocenters. The number of fused-ring (bicyclic) bond motifs is 1. The van der Waals surface area contributed by atoms with Crippen molar-refractivity contribution in [2.75, 3.05) is 11.9 Å². The quantitative estimate of drug-likeness (QED) is 0.465. The molecule has 0 saturated heterocycles. The third-order valence-corrected chi connectivity index (χ3v) is 5.53. The number of aryl methyl sites for hydroxylation is 1. The monoisotopic (exact) mass is 432 g/mol. The fourth-order valence-electron chi connectivity index (χ4n) is 3.58. The molecule has 0 radical (unpaired) electrons. The second-order valence-corrected chi connectivity index (χ2v) is 8.94. The van der Waals surface area contributed by atoms with E-state index in [0.717, 1.165) is 22.1 Å². The molecular formula is C24H28N6O2. The Morgan fingerprint density at radius 2 is 1.84 bits per heavy atom. The van der Waals surface area contributed by atoms with E-state index in [1.807, 2.05) is 40.2 Å². The minimum atomic E-state index is -0.444. The van der Waals surface area contributed by atoms with Crippen LogP contribution in [0.4, 0.5) is 5.95 Å². The lowest BCUT2D eigenvalue weighted by molar-refractivity contribution is 0.141. The molecule has 3 aromatic heterocycles. The molecule has 0 bridgehead atoms. The summed E-state index contributed by atoms with van der Waals surface area (Å²) in [4.78, 5) is 21.6. The molecule has 1 aromatic carbocycles. The Hall–Kier alpha value is -3.52. The fraction of sp³-hybridized carbons (Fsp3) is 0.333. The molecule has 1 atom stereocenters. The van der Waals surface area contributed by atoms with Gasteiger partial charge in [0, 0.05) is 55.0 Å². The van der Waals surface area contributed by atoms with E-state index in [9.17, 15) is 9.90 Å². The molecule has 2 N–H and O–H groups in total. The number of aliphatic hydroxyl groups excluding tert-OH is 1. The lowest BCUT2D eigenvalue weighted by Crippen LogP contribution is -2.31. The first-order valence-corrected chi connectivity index (χ1v) is 10.6. The number of benzene rings is 1. The summed E-state index contributed by atoms with van der Waals surface area (Å²) < 4.78 is 3.39. The highest BCUT2D eigenvalue weighted by atomic mass is 16.3. The molecule has 166 valence electrons. The van der Waals surface area contributed by atoms with Gasteiger partial charge < -0.3 is 10.4 Å². The van der Waals surface area contributed by atoms with Crippen LogP contribution in [0.15, 0.2) is 59.8 Å². The molecule has 0 aliphatic heterocycles. The number of anilines is 1. The topological polar surface area (TPSA) is 97.9 Å². The first-order valence-electron chi connectivity index (χ1n) is 10.6. The maximum atomic E-state index is 12.5. The van der Waals surface area contributed by atoms with Gasteiger partial charge in [-0.15, -0.1) is 0 Å². The smallest absolute Gasteiger partial charge is 0.252 e. The third-order valence-electron chi connectivity index (χ3n) is 5.53. The SMILES string of the molecule is CC(Nc1ncc2ccc(=O)n(CC(C)(C)CO)c2n1)c1ccc(-c2cnn(C)c2)cc1. The predicted octanol–water partition coefficient (Wildman–Crippen LogP) is 3.38. The number of aliphatic hydroxyl groups is 1. The van der Waals surface area contributed by atoms with Crippen LogP contribution in [0.2, 0.25) is 0 Å². The summed E-state index contributed by atoms with van der Waals surface area (Å²) in [5.41, 5.74) is 3.22. The minimum absolute atomic E-state index is 0.0297. The van der Waals surface area contributed by atoms with Gasteiger partial charge in [-0.3, -0.25) is 14.0 Å². The number of pyridine rings is 1. The zero-order valence-electron chi connectivity index (χ0n) is 18.8. The average molecular weight is 433 g/mol. The van der Waals surface area contributed by atoms with Gasteiger partial charge >= 0.3 is 0 Å². The molecule has 0 saturated carbocycles. The number of aromatic nitrogens is 5. The lowest BCUT2D eigenvalue weighted by atomic mass is 9.95. The normalized spacial score (nSPS) is 12.8. The summed E-state index contributed by atoms with van der Waals surface area (Å²) in [7, 11) is 1.90. The second kappa shape index (κ2) is 8.55. The molecule has 0 aliphatic rings. The summed E-state index contributed by atoms with van der Waals surface area (Å²) >= 11 is 0. The average Bonchev–Trinajstić information content (AvgIpc) is 3.22. The fourth-order valence-corrected chi connectivity index (χ4v) is 3.58. The Bertz CT molecular complexity index is 1290. The Kier molecular flexibility index (Phi) is 5.80. The largest absolute Gasteiger partial charge is 0.396 e. The molecule has 32 heavy (non-hydrogen) atoms. The van der Waals surface area contributed by atoms with Crippen LogP contribution in [-0.2, 0) is 13.6 Å². The van der Waals surface area contributed by atoms with Gasteiger partial charge in [-0.2, -0.15) is 10.1 Å². The van der Waals surface area contributed by atoms with E-state index >= 15 is 0 Å². The van der Waals surface area contributed by atoms with Crippen LogP contribution in [0.3, 0.4) is 0 Å². The van der Waals surface area contributed by atoms with Gasteiger partial charge in [0.25, 0.3) is 5.56 Å². The summed E-state index contributed by atoms with van der Waals surface area (Å²) in [6.45, 7) is 6.20. The van der Waals surface area contributed by atoms with Gasteiger partial charge in [0.2, 0.25) is 5.95 Å². The zero-order chi connectivity index (χ0) is 22.9. The Balaban J connectivity index is 1.59. The van der Waals surface area contributed by atoms with Crippen molar-refractivity contribution in [2.24, 2.45) is 12.5 Å². The predicted molar refractivity (Wildman–Crippen MR) is 125 cm³/mol. The van der Waals surface area contributed by atoms with Crippen LogP contribution in [0, 0.1) is 5.41 Å². The first kappa shape index (κ1) is 21.7. The van der Waals surface area contributed by atoms with Crippen molar-refractivity contribution in [1.29, 1.82) is 0 Å². The molecule has 4 rings (SSSR count). The molecule has 0 aliphatic carbocycles. The maximum Gasteiger partial charge on any atom is 0.252 e. The molecule has 8 nitrogen and oxygen atoms in total. The van der Waals surface area contributed by atoms with Crippen LogP contribution in [-0.4, -0.2) is 36.0 Å². The van der Waals surface area contributed by atoms with Crippen LogP contribution >= 0.6 is 0 Å². The highest BCUT2D eigenvalue weighted by Gasteiger charge is 2.20. The Morgan fingerprint density at radius 3 is 2.50 bits per heavy atom. The summed E-state index contributed by atoms with van der Waals surface area (Å²) in [6.07, 6.45) is 5.54. The molecule has 3 heterocycles. The minimum Gasteiger partial charge on any atom is -0.396 e. The molecule has 0 fully saturated rings. The highest BCUT2D eigenvalue weighted by Crippen LogP contribution is 2.24. The zero-order valence-corrected chi connectivity index (χ0v) is 18.8. The third kappa shape index (κ3) is 4.55. The van der Waals surface area contributed by atoms with Crippen molar-refractivity contribution in [3.63, 3.8) is 0 Å². The maximum absolute atomic E-state index is 12.5. The molecule has 4 aromatic rings. The standard InChI is InChI=1S/C24H28N6O2/c1-16(17-5-7-18(8-6-17)20-12-26-29(4)13-20)27-23-25-11-19-9-10-21(32)30(22(19)28-23)14-24(2,3)15-31/h5-13,16,31H,14-15H2,1-4H3,(H,25,27,28). The van der Waals surface area contributed by atoms with E-state index in [0.29, 0.717) is 18.1 Å². The molecular weight excluding hydrogens is 404 g/mol. The van der Waals surface area contributed by atoms with Crippen LogP contribution in [0.5, 0.6) is 0 Å². The highest BCUT2D eigenvalue weighted by molar-refractivity contribution is 5.75. The van der Waals surface area contributed by atoms with Crippen molar-refractivity contribution >= 4 is 17.0 Å². The van der Waals surface area contributed by atoms with Gasteiger partial charge in [0.05, 0.1) is 12.2 Å². The number of rotatable bonds is 7. The van der Waals surface area contributed by atoms with E-state index in [1.165, 1.54) is 6.07 Å². The Labute approximate surface area is 186 Å². The number of hydrogen-bond acceptors (Lipinski definition) is 6. The van der Waals surface area contributed by atoms with Gasteiger partial charge in [-0.05, 0) is 24.1 Å². The van der Waals surface area contributed by atoms with E-state index in [-0.39, 0.29) is 18.2 Å². The lowest BCUT2D eigenvalue weighted by Gasteiger charge is -2.23. The van der Waals surface area contributed by atoms with Crippen molar-refractivity contribution in [3.8, 4) is 11.1 Å². The number of nitrogens with one attached hydrogen (secondary N) is 1. The van der Waals surface area contributed by atoms with E-state index in [1.54, 1.807) is 21.5 Å². The van der Waals surface area contributed by atoms with E-state index in [4.69, 9.17) is 0 Å². The van der Waals surface area contributed by atoms with Gasteiger partial charge in [-0.1, -0.05) is 38.1 Å². The van der Waals surface area contributed by atoms with Gasteiger partial charge in [0.15, 0.2) is 0 Å². The number of hydrogen-bond donors (Lipinski definition) is 2. The van der Waals surface area contributed by atoms with Crippen molar-refractivity contribution in [1.82, 2.24) is 24.3 Å².